The number of fused-ring (bicyclic) bond motifs is 1. The Balaban J connectivity index is 1.93. The molecule has 1 unspecified atom stereocenters. The van der Waals surface area contributed by atoms with Gasteiger partial charge in [-0.05, 0) is 32.0 Å². The highest BCUT2D eigenvalue weighted by Gasteiger charge is 2.15. The van der Waals surface area contributed by atoms with Crippen molar-refractivity contribution >= 4 is 32.6 Å². The molecule has 2 aromatic rings. The molecule has 0 spiro atoms. The summed E-state index contributed by atoms with van der Waals surface area (Å²) < 4.78 is 16.7. The molecule has 22 heavy (non-hydrogen) atoms. The number of methoxy groups -OCH3 is 1. The molecule has 0 aliphatic heterocycles. The molecule has 6 nitrogen and oxygen atoms in total. The molecule has 120 valence electrons. The highest BCUT2D eigenvalue weighted by Crippen LogP contribution is 2.29. The fraction of sp³-hybridized carbons (Fsp3) is 0.467. The van der Waals surface area contributed by atoms with Crippen LogP contribution in [-0.2, 0) is 14.3 Å². The van der Waals surface area contributed by atoms with Crippen LogP contribution in [0.15, 0.2) is 18.2 Å². The van der Waals surface area contributed by atoms with Crippen LogP contribution in [0.3, 0.4) is 0 Å². The molecule has 7 heteroatoms. The van der Waals surface area contributed by atoms with Crippen LogP contribution in [-0.4, -0.2) is 43.9 Å². The molecule has 1 amide bonds. The fourth-order valence-electron chi connectivity index (χ4n) is 1.80. The van der Waals surface area contributed by atoms with Gasteiger partial charge in [-0.2, -0.15) is 0 Å². The molecule has 0 bridgehead atoms. The molecular formula is C15H20N2O4S. The molecule has 1 heterocycles. The lowest BCUT2D eigenvalue weighted by molar-refractivity contribution is -0.127. The summed E-state index contributed by atoms with van der Waals surface area (Å²) in [6.45, 7) is 5.13. The van der Waals surface area contributed by atoms with E-state index < -0.39 is 6.10 Å². The molecule has 0 saturated carbocycles. The molecule has 0 fully saturated rings. The molecule has 1 atom stereocenters. The van der Waals surface area contributed by atoms with Crippen LogP contribution in [0, 0.1) is 0 Å². The summed E-state index contributed by atoms with van der Waals surface area (Å²) in [6.07, 6.45) is -0.554. The standard InChI is InChI=1S/C15H20N2O4S/c1-4-20-7-8-21-10(2)14(18)17-15-16-12-6-5-11(19-3)9-13(12)22-15/h5-6,9-10H,4,7-8H2,1-3H3,(H,16,17,18). The fourth-order valence-corrected chi connectivity index (χ4v) is 2.69. The van der Waals surface area contributed by atoms with Crippen molar-refractivity contribution < 1.29 is 19.0 Å². The van der Waals surface area contributed by atoms with E-state index in [2.05, 4.69) is 10.3 Å². The van der Waals surface area contributed by atoms with Crippen LogP contribution in [0.2, 0.25) is 0 Å². The number of nitrogens with one attached hydrogen (secondary N) is 1. The number of ether oxygens (including phenoxy) is 3. The third kappa shape index (κ3) is 4.40. The van der Waals surface area contributed by atoms with Crippen molar-refractivity contribution in [2.75, 3.05) is 32.2 Å². The number of hydrogen-bond acceptors (Lipinski definition) is 6. The molecule has 0 saturated heterocycles. The van der Waals surface area contributed by atoms with Gasteiger partial charge in [0.1, 0.15) is 11.9 Å². The van der Waals surface area contributed by atoms with E-state index in [9.17, 15) is 4.79 Å². The number of nitrogens with zero attached hydrogens (tertiary/aromatic N) is 1. The first-order valence-electron chi connectivity index (χ1n) is 7.08. The Morgan fingerprint density at radius 2 is 2.23 bits per heavy atom. The van der Waals surface area contributed by atoms with Gasteiger partial charge >= 0.3 is 0 Å². The van der Waals surface area contributed by atoms with Gasteiger partial charge in [0.25, 0.3) is 5.91 Å². The van der Waals surface area contributed by atoms with Gasteiger partial charge in [0, 0.05) is 6.61 Å². The number of aromatic nitrogens is 1. The summed E-state index contributed by atoms with van der Waals surface area (Å²) in [6, 6.07) is 5.60. The van der Waals surface area contributed by atoms with Gasteiger partial charge < -0.3 is 14.2 Å². The minimum absolute atomic E-state index is 0.220. The average molecular weight is 324 g/mol. The van der Waals surface area contributed by atoms with Crippen LogP contribution in [0.25, 0.3) is 10.2 Å². The average Bonchev–Trinajstić information content (AvgIpc) is 2.92. The lowest BCUT2D eigenvalue weighted by Crippen LogP contribution is -2.28. The van der Waals surface area contributed by atoms with Crippen LogP contribution in [0.1, 0.15) is 13.8 Å². The van der Waals surface area contributed by atoms with Crippen molar-refractivity contribution in [2.24, 2.45) is 0 Å². The van der Waals surface area contributed by atoms with Gasteiger partial charge in [-0.3, -0.25) is 10.1 Å². The molecule has 0 radical (unpaired) electrons. The van der Waals surface area contributed by atoms with E-state index in [0.29, 0.717) is 25.0 Å². The van der Waals surface area contributed by atoms with Crippen molar-refractivity contribution in [2.45, 2.75) is 20.0 Å². The van der Waals surface area contributed by atoms with Crippen LogP contribution in [0.4, 0.5) is 5.13 Å². The zero-order valence-corrected chi connectivity index (χ0v) is 13.7. The van der Waals surface area contributed by atoms with Crippen molar-refractivity contribution in [3.63, 3.8) is 0 Å². The number of carbonyl (C=O) groups excluding carboxylic acids is 1. The maximum absolute atomic E-state index is 12.0. The SMILES string of the molecule is CCOCCOC(C)C(=O)Nc1nc2ccc(OC)cc2s1. The first-order chi connectivity index (χ1) is 10.6. The first-order valence-corrected chi connectivity index (χ1v) is 7.90. The third-order valence-corrected chi connectivity index (χ3v) is 3.93. The van der Waals surface area contributed by atoms with E-state index >= 15 is 0 Å². The summed E-state index contributed by atoms with van der Waals surface area (Å²) in [5.74, 6) is 0.546. The third-order valence-electron chi connectivity index (χ3n) is 2.99. The van der Waals surface area contributed by atoms with Crippen LogP contribution >= 0.6 is 11.3 Å². The Kier molecular flexibility index (Phi) is 6.11. The zero-order chi connectivity index (χ0) is 15.9. The number of benzene rings is 1. The molecule has 1 aromatic heterocycles. The van der Waals surface area contributed by atoms with Crippen LogP contribution < -0.4 is 10.1 Å². The minimum Gasteiger partial charge on any atom is -0.497 e. The quantitative estimate of drug-likeness (QED) is 0.756. The predicted molar refractivity (Wildman–Crippen MR) is 86.7 cm³/mol. The summed E-state index contributed by atoms with van der Waals surface area (Å²) in [5.41, 5.74) is 0.825. The first kappa shape index (κ1) is 16.7. The summed E-state index contributed by atoms with van der Waals surface area (Å²) >= 11 is 1.40. The lowest BCUT2D eigenvalue weighted by Gasteiger charge is -2.11. The van der Waals surface area contributed by atoms with E-state index in [1.807, 2.05) is 25.1 Å². The second kappa shape index (κ2) is 8.07. The Bertz CT molecular complexity index is 629. The number of carbonyl (C=O) groups is 1. The van der Waals surface area contributed by atoms with Gasteiger partial charge in [0.05, 0.1) is 30.5 Å². The second-order valence-corrected chi connectivity index (χ2v) is 5.58. The molecule has 0 aliphatic carbocycles. The zero-order valence-electron chi connectivity index (χ0n) is 12.9. The van der Waals surface area contributed by atoms with E-state index in [0.717, 1.165) is 16.0 Å². The molecule has 0 aliphatic rings. The Labute approximate surface area is 133 Å². The molecule has 1 N–H and O–H groups in total. The van der Waals surface area contributed by atoms with Gasteiger partial charge in [-0.15, -0.1) is 0 Å². The highest BCUT2D eigenvalue weighted by molar-refractivity contribution is 7.22. The van der Waals surface area contributed by atoms with Gasteiger partial charge in [0.15, 0.2) is 5.13 Å². The van der Waals surface area contributed by atoms with E-state index in [4.69, 9.17) is 14.2 Å². The Morgan fingerprint density at radius 1 is 1.41 bits per heavy atom. The summed E-state index contributed by atoms with van der Waals surface area (Å²) in [5, 5.41) is 3.32. The Morgan fingerprint density at radius 3 is 2.95 bits per heavy atom. The summed E-state index contributed by atoms with van der Waals surface area (Å²) in [4.78, 5) is 16.4. The highest BCUT2D eigenvalue weighted by atomic mass is 32.1. The van der Waals surface area contributed by atoms with Gasteiger partial charge in [-0.25, -0.2) is 4.98 Å². The Hall–Kier alpha value is -1.70. The molecule has 2 rings (SSSR count). The minimum atomic E-state index is -0.554. The van der Waals surface area contributed by atoms with Crippen molar-refractivity contribution in [3.05, 3.63) is 18.2 Å². The van der Waals surface area contributed by atoms with Crippen molar-refractivity contribution in [1.29, 1.82) is 0 Å². The number of hydrogen-bond donors (Lipinski definition) is 1. The lowest BCUT2D eigenvalue weighted by atomic mass is 10.3. The maximum atomic E-state index is 12.0. The smallest absolute Gasteiger partial charge is 0.254 e. The number of rotatable bonds is 8. The predicted octanol–water partition coefficient (Wildman–Crippen LogP) is 2.69. The van der Waals surface area contributed by atoms with E-state index in [1.54, 1.807) is 14.0 Å². The normalized spacial score (nSPS) is 12.3. The second-order valence-electron chi connectivity index (χ2n) is 4.55. The number of thiazole rings is 1. The molecule has 1 aromatic carbocycles. The summed E-state index contributed by atoms with van der Waals surface area (Å²) in [7, 11) is 1.62. The van der Waals surface area contributed by atoms with E-state index in [1.165, 1.54) is 11.3 Å². The molecular weight excluding hydrogens is 304 g/mol. The van der Waals surface area contributed by atoms with Crippen LogP contribution in [0.5, 0.6) is 5.75 Å². The number of anilines is 1. The number of amides is 1. The largest absolute Gasteiger partial charge is 0.497 e. The van der Waals surface area contributed by atoms with E-state index in [-0.39, 0.29) is 5.91 Å². The van der Waals surface area contributed by atoms with Gasteiger partial charge in [-0.1, -0.05) is 11.3 Å². The topological polar surface area (TPSA) is 69.7 Å². The van der Waals surface area contributed by atoms with Gasteiger partial charge in [0.2, 0.25) is 0 Å². The van der Waals surface area contributed by atoms with Crippen molar-refractivity contribution in [3.8, 4) is 5.75 Å². The van der Waals surface area contributed by atoms with Crippen molar-refractivity contribution in [1.82, 2.24) is 4.98 Å². The monoisotopic (exact) mass is 324 g/mol. The maximum Gasteiger partial charge on any atom is 0.254 e.